The zero-order chi connectivity index (χ0) is 18.1. The minimum absolute atomic E-state index is 0.367. The zero-order valence-corrected chi connectivity index (χ0v) is 14.2. The average molecular weight is 343 g/mol. The fraction of sp³-hybridized carbons (Fsp3) is 0.389. The van der Waals surface area contributed by atoms with Crippen LogP contribution in [-0.2, 0) is 22.4 Å². The largest absolute Gasteiger partial charge is 0.449 e. The molecule has 3 amide bonds. The van der Waals surface area contributed by atoms with Crippen molar-refractivity contribution >= 4 is 28.8 Å². The van der Waals surface area contributed by atoms with Gasteiger partial charge in [-0.2, -0.15) is 0 Å². The first-order valence-electron chi connectivity index (χ1n) is 8.30. The normalized spacial score (nSPS) is 17.6. The quantitative estimate of drug-likeness (QED) is 0.740. The number of H-pyrrole nitrogens is 1. The molecule has 7 heteroatoms. The Morgan fingerprint density at radius 1 is 1.36 bits per heavy atom. The molecule has 4 N–H and O–H groups in total. The number of amides is 3. The van der Waals surface area contributed by atoms with Gasteiger partial charge in [-0.3, -0.25) is 10.1 Å². The van der Waals surface area contributed by atoms with Crippen molar-refractivity contribution in [3.63, 3.8) is 0 Å². The Labute approximate surface area is 144 Å². The fourth-order valence-corrected chi connectivity index (χ4v) is 3.22. The van der Waals surface area contributed by atoms with Crippen molar-refractivity contribution in [2.45, 2.75) is 39.2 Å². The Hall–Kier alpha value is -2.83. The topological polar surface area (TPSA) is 114 Å². The number of ether oxygens (including phenoxy) is 1. The number of carbonyl (C=O) groups is 3. The number of aryl methyl sites for hydroxylation is 1. The molecule has 3 rings (SSSR count). The summed E-state index contributed by atoms with van der Waals surface area (Å²) in [6.45, 7) is 3.60. The van der Waals surface area contributed by atoms with E-state index in [9.17, 15) is 14.4 Å². The van der Waals surface area contributed by atoms with Crippen molar-refractivity contribution in [1.29, 1.82) is 0 Å². The third-order valence-electron chi connectivity index (χ3n) is 4.57. The van der Waals surface area contributed by atoms with Crippen LogP contribution in [0.4, 0.5) is 4.79 Å². The molecule has 0 aliphatic heterocycles. The van der Waals surface area contributed by atoms with Crippen molar-refractivity contribution in [2.24, 2.45) is 11.7 Å². The lowest BCUT2D eigenvalue weighted by Gasteiger charge is -2.18. The van der Waals surface area contributed by atoms with Gasteiger partial charge in [0.15, 0.2) is 6.10 Å². The molecule has 2 aromatic rings. The number of carbonyl (C=O) groups excluding carboxylic acids is 3. The Kier molecular flexibility index (Phi) is 4.48. The average Bonchev–Trinajstić information content (AvgIpc) is 2.91. The van der Waals surface area contributed by atoms with Crippen LogP contribution in [0.15, 0.2) is 18.2 Å². The number of fused-ring (bicyclic) bond motifs is 3. The van der Waals surface area contributed by atoms with Gasteiger partial charge in [0.05, 0.1) is 5.56 Å². The smallest absolute Gasteiger partial charge is 0.338 e. The molecular formula is C18H21N3O4. The van der Waals surface area contributed by atoms with Crippen LogP contribution in [0.1, 0.15) is 41.9 Å². The zero-order valence-electron chi connectivity index (χ0n) is 14.2. The predicted molar refractivity (Wildman–Crippen MR) is 92.1 cm³/mol. The van der Waals surface area contributed by atoms with E-state index in [0.29, 0.717) is 11.5 Å². The number of benzene rings is 1. The van der Waals surface area contributed by atoms with Gasteiger partial charge in [-0.1, -0.05) is 6.92 Å². The third kappa shape index (κ3) is 3.50. The SMILES string of the molecule is CC1CCc2[nH]c3ccc(C(=O)OC(C)C(=O)NC(N)=O)cc3c2C1. The Balaban J connectivity index is 1.81. The molecule has 132 valence electrons. The van der Waals surface area contributed by atoms with Crippen LogP contribution in [0.5, 0.6) is 0 Å². The fourth-order valence-electron chi connectivity index (χ4n) is 3.22. The van der Waals surface area contributed by atoms with Crippen molar-refractivity contribution in [3.05, 3.63) is 35.0 Å². The van der Waals surface area contributed by atoms with Gasteiger partial charge < -0.3 is 15.5 Å². The molecule has 25 heavy (non-hydrogen) atoms. The number of aromatic amines is 1. The summed E-state index contributed by atoms with van der Waals surface area (Å²) in [4.78, 5) is 38.1. The lowest BCUT2D eigenvalue weighted by atomic mass is 9.87. The predicted octanol–water partition coefficient (Wildman–Crippen LogP) is 2.03. The van der Waals surface area contributed by atoms with Crippen molar-refractivity contribution in [2.75, 3.05) is 0 Å². The molecule has 0 saturated heterocycles. The lowest BCUT2D eigenvalue weighted by Crippen LogP contribution is -2.42. The van der Waals surface area contributed by atoms with E-state index in [1.807, 2.05) is 11.4 Å². The number of primary amides is 1. The molecule has 1 aliphatic carbocycles. The molecule has 2 unspecified atom stereocenters. The van der Waals surface area contributed by atoms with Gasteiger partial charge in [0.2, 0.25) is 0 Å². The van der Waals surface area contributed by atoms with Crippen LogP contribution in [-0.4, -0.2) is 29.0 Å². The summed E-state index contributed by atoms with van der Waals surface area (Å²) in [6, 6.07) is 4.32. The highest BCUT2D eigenvalue weighted by molar-refractivity contribution is 5.99. The van der Waals surface area contributed by atoms with Gasteiger partial charge in [0.25, 0.3) is 5.91 Å². The van der Waals surface area contributed by atoms with Gasteiger partial charge in [-0.15, -0.1) is 0 Å². The number of rotatable bonds is 3. The molecule has 0 radical (unpaired) electrons. The van der Waals surface area contributed by atoms with Crippen LogP contribution in [0.25, 0.3) is 10.9 Å². The highest BCUT2D eigenvalue weighted by atomic mass is 16.5. The maximum Gasteiger partial charge on any atom is 0.338 e. The first-order chi connectivity index (χ1) is 11.8. The van der Waals surface area contributed by atoms with Crippen LogP contribution in [0.2, 0.25) is 0 Å². The number of aromatic nitrogens is 1. The summed E-state index contributed by atoms with van der Waals surface area (Å²) in [5.41, 5.74) is 8.73. The molecule has 1 aromatic carbocycles. The molecule has 0 bridgehead atoms. The number of hydrogen-bond acceptors (Lipinski definition) is 4. The number of hydrogen-bond donors (Lipinski definition) is 3. The van der Waals surface area contributed by atoms with Crippen molar-refractivity contribution < 1.29 is 19.1 Å². The number of nitrogens with two attached hydrogens (primary N) is 1. The molecule has 1 aliphatic rings. The molecule has 7 nitrogen and oxygen atoms in total. The van der Waals surface area contributed by atoms with Gasteiger partial charge >= 0.3 is 12.0 Å². The van der Waals surface area contributed by atoms with Gasteiger partial charge in [0.1, 0.15) is 0 Å². The highest BCUT2D eigenvalue weighted by Gasteiger charge is 2.23. The second-order valence-electron chi connectivity index (χ2n) is 6.59. The molecule has 0 saturated carbocycles. The Bertz CT molecular complexity index is 855. The van der Waals surface area contributed by atoms with Gasteiger partial charge in [0, 0.05) is 16.6 Å². The Morgan fingerprint density at radius 2 is 2.12 bits per heavy atom. The van der Waals surface area contributed by atoms with Crippen molar-refractivity contribution in [1.82, 2.24) is 10.3 Å². The van der Waals surface area contributed by atoms with Crippen LogP contribution in [0, 0.1) is 5.92 Å². The Morgan fingerprint density at radius 3 is 2.84 bits per heavy atom. The monoisotopic (exact) mass is 343 g/mol. The van der Waals surface area contributed by atoms with E-state index in [1.54, 1.807) is 12.1 Å². The molecule has 0 fully saturated rings. The van der Waals surface area contributed by atoms with E-state index in [2.05, 4.69) is 11.9 Å². The van der Waals surface area contributed by atoms with Crippen molar-refractivity contribution in [3.8, 4) is 0 Å². The van der Waals surface area contributed by atoms with E-state index in [0.717, 1.165) is 30.2 Å². The minimum Gasteiger partial charge on any atom is -0.449 e. The molecule has 0 spiro atoms. The third-order valence-corrected chi connectivity index (χ3v) is 4.57. The van der Waals surface area contributed by atoms with Crippen LogP contribution >= 0.6 is 0 Å². The van der Waals surface area contributed by atoms with E-state index < -0.39 is 24.0 Å². The summed E-state index contributed by atoms with van der Waals surface area (Å²) in [6.07, 6.45) is 2.03. The second kappa shape index (κ2) is 6.58. The number of esters is 1. The number of urea groups is 1. The van der Waals surface area contributed by atoms with E-state index in [4.69, 9.17) is 10.5 Å². The summed E-state index contributed by atoms with van der Waals surface area (Å²) < 4.78 is 5.12. The highest BCUT2D eigenvalue weighted by Crippen LogP contribution is 2.32. The van der Waals surface area contributed by atoms with E-state index in [-0.39, 0.29) is 0 Å². The first kappa shape index (κ1) is 17.0. The van der Waals surface area contributed by atoms with Gasteiger partial charge in [-0.25, -0.2) is 9.59 Å². The molecule has 2 atom stereocenters. The van der Waals surface area contributed by atoms with E-state index in [1.165, 1.54) is 18.2 Å². The molecule has 1 heterocycles. The molecule has 1 aromatic heterocycles. The summed E-state index contributed by atoms with van der Waals surface area (Å²) in [5, 5.41) is 2.91. The number of imide groups is 1. The second-order valence-corrected chi connectivity index (χ2v) is 6.59. The lowest BCUT2D eigenvalue weighted by molar-refractivity contribution is -0.127. The first-order valence-corrected chi connectivity index (χ1v) is 8.30. The molecular weight excluding hydrogens is 322 g/mol. The summed E-state index contributed by atoms with van der Waals surface area (Å²) in [5.74, 6) is -0.762. The maximum absolute atomic E-state index is 12.3. The minimum atomic E-state index is -1.11. The van der Waals surface area contributed by atoms with E-state index >= 15 is 0 Å². The van der Waals surface area contributed by atoms with Gasteiger partial charge in [-0.05, 0) is 55.9 Å². The standard InChI is InChI=1S/C18H21N3O4/c1-9-3-5-14-12(7-9)13-8-11(4-6-15(13)20-14)17(23)25-10(2)16(22)21-18(19)24/h4,6,8-10,20H,3,5,7H2,1-2H3,(H3,19,21,22,24). The van der Waals surface area contributed by atoms with Crippen LogP contribution in [0.3, 0.4) is 0 Å². The maximum atomic E-state index is 12.3. The van der Waals surface area contributed by atoms with Crippen LogP contribution < -0.4 is 11.1 Å². The number of nitrogens with one attached hydrogen (secondary N) is 2. The summed E-state index contributed by atoms with van der Waals surface area (Å²) in [7, 11) is 0. The summed E-state index contributed by atoms with van der Waals surface area (Å²) >= 11 is 0.